The molecule has 5 rings (SSSR count). The first kappa shape index (κ1) is 21.6. The highest BCUT2D eigenvalue weighted by Gasteiger charge is 2.31. The van der Waals surface area contributed by atoms with Crippen LogP contribution in [0.5, 0.6) is 0 Å². The molecule has 0 radical (unpaired) electrons. The van der Waals surface area contributed by atoms with Gasteiger partial charge in [0.2, 0.25) is 21.8 Å². The van der Waals surface area contributed by atoms with Crippen molar-refractivity contribution in [3.63, 3.8) is 0 Å². The zero-order valence-electron chi connectivity index (χ0n) is 18.3. The monoisotopic (exact) mass is 467 g/mol. The van der Waals surface area contributed by atoms with Crippen molar-refractivity contribution in [2.75, 3.05) is 37.6 Å². The molecule has 172 valence electrons. The average molecular weight is 468 g/mol. The maximum atomic E-state index is 13.1. The molecule has 1 aromatic heterocycles. The second kappa shape index (κ2) is 8.60. The van der Waals surface area contributed by atoms with Gasteiger partial charge in [-0.3, -0.25) is 4.79 Å². The number of nitrogens with zero attached hydrogens (tertiary/aromatic N) is 4. The molecule has 0 aliphatic carbocycles. The summed E-state index contributed by atoms with van der Waals surface area (Å²) in [6.45, 7) is 4.18. The Morgan fingerprint density at radius 2 is 1.70 bits per heavy atom. The molecule has 2 aliphatic rings. The van der Waals surface area contributed by atoms with Crippen LogP contribution in [0, 0.1) is 6.92 Å². The number of amides is 1. The highest BCUT2D eigenvalue weighted by Crippen LogP contribution is 2.26. The summed E-state index contributed by atoms with van der Waals surface area (Å²) in [5, 5.41) is 6.87. The predicted octanol–water partition coefficient (Wildman–Crippen LogP) is 2.16. The number of anilines is 1. The third-order valence-corrected chi connectivity index (χ3v) is 8.11. The van der Waals surface area contributed by atoms with Crippen LogP contribution in [0.15, 0.2) is 57.9 Å². The van der Waals surface area contributed by atoms with E-state index in [1.165, 1.54) is 4.31 Å². The molecule has 1 atom stereocenters. The number of rotatable bonds is 5. The van der Waals surface area contributed by atoms with Gasteiger partial charge < -0.3 is 14.7 Å². The third-order valence-electron chi connectivity index (χ3n) is 6.20. The molecule has 3 aromatic rings. The Balaban J connectivity index is 1.23. The molecule has 33 heavy (non-hydrogen) atoms. The number of sulfonamides is 1. The van der Waals surface area contributed by atoms with Gasteiger partial charge in [0.05, 0.1) is 4.90 Å². The molecule has 0 saturated carbocycles. The van der Waals surface area contributed by atoms with Gasteiger partial charge in [-0.25, -0.2) is 8.42 Å². The Hall–Kier alpha value is -3.24. The molecular weight excluding hydrogens is 442 g/mol. The molecule has 3 heterocycles. The fourth-order valence-electron chi connectivity index (χ4n) is 4.19. The second-order valence-corrected chi connectivity index (χ2v) is 10.4. The summed E-state index contributed by atoms with van der Waals surface area (Å²) in [5.41, 5.74) is 3.00. The van der Waals surface area contributed by atoms with Gasteiger partial charge in [0, 0.05) is 50.6 Å². The van der Waals surface area contributed by atoms with Gasteiger partial charge in [-0.2, -0.15) is 9.29 Å². The molecule has 10 heteroatoms. The Labute approximate surface area is 192 Å². The van der Waals surface area contributed by atoms with E-state index < -0.39 is 10.0 Å². The van der Waals surface area contributed by atoms with Gasteiger partial charge in [0.25, 0.3) is 0 Å². The number of benzene rings is 2. The average Bonchev–Trinajstić information content (AvgIpc) is 3.49. The van der Waals surface area contributed by atoms with E-state index >= 15 is 0 Å². The number of carbonyl (C=O) groups is 1. The molecular formula is C23H25N5O4S. The zero-order valence-corrected chi connectivity index (χ0v) is 19.1. The molecule has 1 unspecified atom stereocenters. The first-order chi connectivity index (χ1) is 15.9. The van der Waals surface area contributed by atoms with Gasteiger partial charge in [-0.05, 0) is 24.6 Å². The molecule has 2 aliphatic heterocycles. The van der Waals surface area contributed by atoms with E-state index in [2.05, 4.69) is 15.5 Å². The quantitative estimate of drug-likeness (QED) is 0.612. The minimum absolute atomic E-state index is 0.0294. The topological polar surface area (TPSA) is 109 Å². The van der Waals surface area contributed by atoms with E-state index in [0.29, 0.717) is 51.0 Å². The van der Waals surface area contributed by atoms with E-state index in [1.807, 2.05) is 36.1 Å². The van der Waals surface area contributed by atoms with Crippen LogP contribution >= 0.6 is 0 Å². The number of aromatic nitrogens is 2. The molecule has 2 saturated heterocycles. The van der Waals surface area contributed by atoms with Crippen molar-refractivity contribution in [2.24, 2.45) is 0 Å². The third kappa shape index (κ3) is 4.36. The highest BCUT2D eigenvalue weighted by molar-refractivity contribution is 7.89. The largest absolute Gasteiger partial charge is 0.355 e. The number of aryl methyl sites for hydroxylation is 1. The lowest BCUT2D eigenvalue weighted by Gasteiger charge is -2.32. The summed E-state index contributed by atoms with van der Waals surface area (Å²) in [7, 11) is -3.60. The highest BCUT2D eigenvalue weighted by atomic mass is 32.2. The Morgan fingerprint density at radius 1 is 1.00 bits per heavy atom. The van der Waals surface area contributed by atoms with Crippen LogP contribution < -0.4 is 10.2 Å². The van der Waals surface area contributed by atoms with Crippen molar-refractivity contribution in [3.8, 4) is 11.4 Å². The molecule has 1 amide bonds. The summed E-state index contributed by atoms with van der Waals surface area (Å²) in [5.74, 6) is 0.637. The fourth-order valence-corrected chi connectivity index (χ4v) is 5.61. The van der Waals surface area contributed by atoms with Crippen LogP contribution in [0.2, 0.25) is 0 Å². The van der Waals surface area contributed by atoms with Gasteiger partial charge in [0.15, 0.2) is 0 Å². The molecule has 2 fully saturated rings. The number of hydrogen-bond donors (Lipinski definition) is 1. The zero-order chi connectivity index (χ0) is 23.0. The lowest BCUT2D eigenvalue weighted by atomic mass is 9.99. The molecule has 1 N–H and O–H groups in total. The van der Waals surface area contributed by atoms with Gasteiger partial charge in [-0.15, -0.1) is 0 Å². The van der Waals surface area contributed by atoms with Crippen molar-refractivity contribution in [1.29, 1.82) is 0 Å². The summed E-state index contributed by atoms with van der Waals surface area (Å²) < 4.78 is 33.2. The SMILES string of the molecule is Cc1ccc(-c2noc(N3CCN(S(=O)(=O)c4ccc(C5CNC(=O)C5)cc4)CC3)n2)cc1. The summed E-state index contributed by atoms with van der Waals surface area (Å²) in [6, 6.07) is 15.1. The van der Waals surface area contributed by atoms with Crippen LogP contribution in [0.3, 0.4) is 0 Å². The normalized spacial score (nSPS) is 19.6. The smallest absolute Gasteiger partial charge is 0.324 e. The Bertz CT molecular complexity index is 1250. The first-order valence-corrected chi connectivity index (χ1v) is 12.4. The molecule has 0 bridgehead atoms. The summed E-state index contributed by atoms with van der Waals surface area (Å²) >= 11 is 0. The van der Waals surface area contributed by atoms with Gasteiger partial charge in [-0.1, -0.05) is 47.1 Å². The van der Waals surface area contributed by atoms with Crippen LogP contribution in [0.1, 0.15) is 23.5 Å². The lowest BCUT2D eigenvalue weighted by Crippen LogP contribution is -2.48. The lowest BCUT2D eigenvalue weighted by molar-refractivity contribution is -0.119. The summed E-state index contributed by atoms with van der Waals surface area (Å²) in [4.78, 5) is 18.1. The number of nitrogens with one attached hydrogen (secondary N) is 1. The molecule has 2 aromatic carbocycles. The molecule has 0 spiro atoms. The number of carbonyl (C=O) groups excluding carboxylic acids is 1. The second-order valence-electron chi connectivity index (χ2n) is 8.43. The Morgan fingerprint density at radius 3 is 2.33 bits per heavy atom. The predicted molar refractivity (Wildman–Crippen MR) is 122 cm³/mol. The fraction of sp³-hybridized carbons (Fsp3) is 0.348. The van der Waals surface area contributed by atoms with E-state index in [0.717, 1.165) is 16.7 Å². The van der Waals surface area contributed by atoms with Crippen molar-refractivity contribution >= 4 is 21.9 Å². The van der Waals surface area contributed by atoms with Gasteiger partial charge in [0.1, 0.15) is 0 Å². The van der Waals surface area contributed by atoms with Gasteiger partial charge >= 0.3 is 6.01 Å². The van der Waals surface area contributed by atoms with Crippen LogP contribution in [0.4, 0.5) is 6.01 Å². The van der Waals surface area contributed by atoms with Crippen molar-refractivity contribution in [1.82, 2.24) is 19.8 Å². The van der Waals surface area contributed by atoms with Crippen molar-refractivity contribution < 1.29 is 17.7 Å². The van der Waals surface area contributed by atoms with E-state index in [1.54, 1.807) is 24.3 Å². The standard InChI is InChI=1S/C23H25N5O4S/c1-16-2-4-18(5-3-16)22-25-23(32-26-22)27-10-12-28(13-11-27)33(30,31)20-8-6-17(7-9-20)19-14-21(29)24-15-19/h2-9,19H,10-15H2,1H3,(H,24,29). The molecule has 9 nitrogen and oxygen atoms in total. The van der Waals surface area contributed by atoms with E-state index in [-0.39, 0.29) is 16.7 Å². The van der Waals surface area contributed by atoms with Crippen molar-refractivity contribution in [3.05, 3.63) is 59.7 Å². The van der Waals surface area contributed by atoms with E-state index in [9.17, 15) is 13.2 Å². The Kier molecular flexibility index (Phi) is 5.63. The minimum atomic E-state index is -3.60. The van der Waals surface area contributed by atoms with Crippen LogP contribution in [-0.2, 0) is 14.8 Å². The van der Waals surface area contributed by atoms with E-state index in [4.69, 9.17) is 4.52 Å². The number of piperazine rings is 1. The number of hydrogen-bond acceptors (Lipinski definition) is 7. The maximum absolute atomic E-state index is 13.1. The minimum Gasteiger partial charge on any atom is -0.355 e. The first-order valence-electron chi connectivity index (χ1n) is 10.9. The maximum Gasteiger partial charge on any atom is 0.324 e. The van der Waals surface area contributed by atoms with Crippen LogP contribution in [0.25, 0.3) is 11.4 Å². The van der Waals surface area contributed by atoms with Crippen molar-refractivity contribution in [2.45, 2.75) is 24.2 Å². The van der Waals surface area contributed by atoms with Crippen LogP contribution in [-0.4, -0.2) is 61.5 Å². The summed E-state index contributed by atoms with van der Waals surface area (Å²) in [6.07, 6.45) is 0.440.